The summed E-state index contributed by atoms with van der Waals surface area (Å²) in [5.41, 5.74) is 15.0. The van der Waals surface area contributed by atoms with Crippen molar-refractivity contribution in [1.29, 1.82) is 0 Å². The third kappa shape index (κ3) is 1.95. The Hall–Kier alpha value is -2.10. The van der Waals surface area contributed by atoms with E-state index in [1.807, 2.05) is 24.3 Å². The van der Waals surface area contributed by atoms with E-state index in [0.717, 1.165) is 28.9 Å². The summed E-state index contributed by atoms with van der Waals surface area (Å²) >= 11 is 0. The van der Waals surface area contributed by atoms with Crippen molar-refractivity contribution in [2.45, 2.75) is 13.3 Å². The van der Waals surface area contributed by atoms with Gasteiger partial charge in [-0.3, -0.25) is 0 Å². The molecule has 2 aromatic rings. The van der Waals surface area contributed by atoms with Crippen LogP contribution >= 0.6 is 0 Å². The lowest BCUT2D eigenvalue weighted by Gasteiger charge is -2.07. The van der Waals surface area contributed by atoms with Crippen molar-refractivity contribution in [3.8, 4) is 11.3 Å². The van der Waals surface area contributed by atoms with Crippen LogP contribution in [0.15, 0.2) is 30.5 Å². The maximum atomic E-state index is 5.65. The highest BCUT2D eigenvalue weighted by Crippen LogP contribution is 2.23. The van der Waals surface area contributed by atoms with Crippen LogP contribution in [0.25, 0.3) is 11.3 Å². The smallest absolute Gasteiger partial charge is 0.220 e. The van der Waals surface area contributed by atoms with Crippen LogP contribution in [0.5, 0.6) is 0 Å². The number of nitrogens with two attached hydrogens (primary N) is 2. The highest BCUT2D eigenvalue weighted by molar-refractivity contribution is 5.65. The van der Waals surface area contributed by atoms with Crippen LogP contribution in [0.4, 0.5) is 11.6 Å². The number of anilines is 2. The molecule has 0 spiro atoms. The molecule has 4 N–H and O–H groups in total. The van der Waals surface area contributed by atoms with Gasteiger partial charge in [-0.2, -0.15) is 0 Å². The zero-order chi connectivity index (χ0) is 11.5. The topological polar surface area (TPSA) is 77.8 Å². The van der Waals surface area contributed by atoms with Crippen LogP contribution in [0.2, 0.25) is 0 Å². The fourth-order valence-electron chi connectivity index (χ4n) is 1.57. The number of benzene rings is 1. The van der Waals surface area contributed by atoms with Gasteiger partial charge in [0.25, 0.3) is 0 Å². The second kappa shape index (κ2) is 4.18. The standard InChI is InChI=1S/C12H14N4/c1-2-8-7-15-12(14)16-11(8)9-3-5-10(13)6-4-9/h3-7H,2,13H2,1H3,(H2,14,15,16). The molecular weight excluding hydrogens is 200 g/mol. The summed E-state index contributed by atoms with van der Waals surface area (Å²) in [6, 6.07) is 7.59. The van der Waals surface area contributed by atoms with Crippen LogP contribution < -0.4 is 11.5 Å². The van der Waals surface area contributed by atoms with E-state index in [1.54, 1.807) is 6.20 Å². The molecule has 0 saturated heterocycles. The lowest BCUT2D eigenvalue weighted by Crippen LogP contribution is -2.00. The molecule has 16 heavy (non-hydrogen) atoms. The lowest BCUT2D eigenvalue weighted by atomic mass is 10.1. The molecule has 0 saturated carbocycles. The van der Waals surface area contributed by atoms with E-state index in [2.05, 4.69) is 16.9 Å². The summed E-state index contributed by atoms with van der Waals surface area (Å²) in [7, 11) is 0. The number of hydrogen-bond acceptors (Lipinski definition) is 4. The Balaban J connectivity index is 2.53. The maximum Gasteiger partial charge on any atom is 0.220 e. The van der Waals surface area contributed by atoms with Gasteiger partial charge in [0.15, 0.2) is 0 Å². The Bertz CT molecular complexity index is 491. The quantitative estimate of drug-likeness (QED) is 0.748. The van der Waals surface area contributed by atoms with Gasteiger partial charge in [0.05, 0.1) is 5.69 Å². The molecule has 0 unspecified atom stereocenters. The fourth-order valence-corrected chi connectivity index (χ4v) is 1.57. The van der Waals surface area contributed by atoms with Crippen LogP contribution in [-0.4, -0.2) is 9.97 Å². The normalized spacial score (nSPS) is 10.3. The first-order valence-corrected chi connectivity index (χ1v) is 5.18. The highest BCUT2D eigenvalue weighted by Gasteiger charge is 2.06. The molecule has 0 bridgehead atoms. The van der Waals surface area contributed by atoms with Gasteiger partial charge in [0.1, 0.15) is 0 Å². The first-order chi connectivity index (χ1) is 7.70. The largest absolute Gasteiger partial charge is 0.399 e. The van der Waals surface area contributed by atoms with Crippen LogP contribution in [0.3, 0.4) is 0 Å². The van der Waals surface area contributed by atoms with Crippen molar-refractivity contribution in [3.05, 3.63) is 36.0 Å². The zero-order valence-corrected chi connectivity index (χ0v) is 9.14. The average Bonchev–Trinajstić information content (AvgIpc) is 2.30. The van der Waals surface area contributed by atoms with E-state index in [4.69, 9.17) is 11.5 Å². The summed E-state index contributed by atoms with van der Waals surface area (Å²) in [5, 5.41) is 0. The van der Waals surface area contributed by atoms with E-state index in [0.29, 0.717) is 5.95 Å². The molecule has 0 aliphatic heterocycles. The van der Waals surface area contributed by atoms with Gasteiger partial charge in [-0.1, -0.05) is 19.1 Å². The van der Waals surface area contributed by atoms with Gasteiger partial charge in [0, 0.05) is 17.4 Å². The molecule has 0 aliphatic rings. The van der Waals surface area contributed by atoms with Crippen molar-refractivity contribution in [2.75, 3.05) is 11.5 Å². The third-order valence-corrected chi connectivity index (χ3v) is 2.45. The van der Waals surface area contributed by atoms with Crippen molar-refractivity contribution >= 4 is 11.6 Å². The molecule has 0 fully saturated rings. The number of hydrogen-bond donors (Lipinski definition) is 2. The van der Waals surface area contributed by atoms with Crippen molar-refractivity contribution < 1.29 is 0 Å². The molecular formula is C12H14N4. The molecule has 0 amide bonds. The zero-order valence-electron chi connectivity index (χ0n) is 9.14. The minimum absolute atomic E-state index is 0.295. The third-order valence-electron chi connectivity index (χ3n) is 2.45. The fraction of sp³-hybridized carbons (Fsp3) is 0.167. The summed E-state index contributed by atoms with van der Waals surface area (Å²) in [6.45, 7) is 2.07. The van der Waals surface area contributed by atoms with Crippen molar-refractivity contribution in [2.24, 2.45) is 0 Å². The number of rotatable bonds is 2. The van der Waals surface area contributed by atoms with Gasteiger partial charge in [-0.05, 0) is 24.1 Å². The Morgan fingerprint density at radius 1 is 1.12 bits per heavy atom. The Labute approximate surface area is 94.3 Å². The summed E-state index contributed by atoms with van der Waals surface area (Å²) in [4.78, 5) is 8.27. The van der Waals surface area contributed by atoms with Gasteiger partial charge < -0.3 is 11.5 Å². The molecule has 1 aromatic carbocycles. The summed E-state index contributed by atoms with van der Waals surface area (Å²) < 4.78 is 0. The molecule has 1 heterocycles. The van der Waals surface area contributed by atoms with Crippen LogP contribution in [0.1, 0.15) is 12.5 Å². The molecule has 1 aromatic heterocycles. The van der Waals surface area contributed by atoms with Gasteiger partial charge >= 0.3 is 0 Å². The summed E-state index contributed by atoms with van der Waals surface area (Å²) in [5.74, 6) is 0.295. The molecule has 0 aliphatic carbocycles. The van der Waals surface area contributed by atoms with Crippen molar-refractivity contribution in [3.63, 3.8) is 0 Å². The Kier molecular flexibility index (Phi) is 2.72. The van der Waals surface area contributed by atoms with Gasteiger partial charge in [0.2, 0.25) is 5.95 Å². The Morgan fingerprint density at radius 3 is 2.44 bits per heavy atom. The number of nitrogen functional groups attached to an aromatic ring is 2. The second-order valence-electron chi connectivity index (χ2n) is 3.58. The lowest BCUT2D eigenvalue weighted by molar-refractivity contribution is 1.06. The van der Waals surface area contributed by atoms with E-state index < -0.39 is 0 Å². The molecule has 4 nitrogen and oxygen atoms in total. The van der Waals surface area contributed by atoms with E-state index in [1.165, 1.54) is 0 Å². The van der Waals surface area contributed by atoms with Crippen LogP contribution in [-0.2, 0) is 6.42 Å². The predicted molar refractivity (Wildman–Crippen MR) is 65.7 cm³/mol. The van der Waals surface area contributed by atoms with Crippen molar-refractivity contribution in [1.82, 2.24) is 9.97 Å². The average molecular weight is 214 g/mol. The molecule has 82 valence electrons. The van der Waals surface area contributed by atoms with Crippen LogP contribution in [0, 0.1) is 0 Å². The van der Waals surface area contributed by atoms with Gasteiger partial charge in [-0.25, -0.2) is 9.97 Å². The second-order valence-corrected chi connectivity index (χ2v) is 3.58. The number of aromatic nitrogens is 2. The monoisotopic (exact) mass is 214 g/mol. The van der Waals surface area contributed by atoms with E-state index in [-0.39, 0.29) is 0 Å². The van der Waals surface area contributed by atoms with E-state index in [9.17, 15) is 0 Å². The molecule has 4 heteroatoms. The first kappa shape index (κ1) is 10.4. The number of aryl methyl sites for hydroxylation is 1. The number of nitrogens with zero attached hydrogens (tertiary/aromatic N) is 2. The Morgan fingerprint density at radius 2 is 1.81 bits per heavy atom. The summed E-state index contributed by atoms with van der Waals surface area (Å²) in [6.07, 6.45) is 2.65. The molecule has 0 atom stereocenters. The minimum Gasteiger partial charge on any atom is -0.399 e. The maximum absolute atomic E-state index is 5.65. The SMILES string of the molecule is CCc1cnc(N)nc1-c1ccc(N)cc1. The predicted octanol–water partition coefficient (Wildman–Crippen LogP) is 1.87. The first-order valence-electron chi connectivity index (χ1n) is 5.18. The molecule has 2 rings (SSSR count). The van der Waals surface area contributed by atoms with E-state index >= 15 is 0 Å². The minimum atomic E-state index is 0.295. The van der Waals surface area contributed by atoms with Gasteiger partial charge in [-0.15, -0.1) is 0 Å². The highest BCUT2D eigenvalue weighted by atomic mass is 15.0. The molecule has 0 radical (unpaired) electrons.